The number of hydrogen-bond donors (Lipinski definition) is 0. The van der Waals surface area contributed by atoms with Gasteiger partial charge in [0.25, 0.3) is 0 Å². The van der Waals surface area contributed by atoms with Gasteiger partial charge in [-0.25, -0.2) is 4.79 Å². The summed E-state index contributed by atoms with van der Waals surface area (Å²) in [7, 11) is 1.33. The van der Waals surface area contributed by atoms with Gasteiger partial charge >= 0.3 is 5.97 Å². The van der Waals surface area contributed by atoms with Crippen molar-refractivity contribution >= 4 is 17.8 Å². The molecule has 30 heavy (non-hydrogen) atoms. The number of rotatable bonds is 5. The van der Waals surface area contributed by atoms with Crippen LogP contribution in [0, 0.1) is 6.92 Å². The molecule has 5 heteroatoms. The summed E-state index contributed by atoms with van der Waals surface area (Å²) in [6.07, 6.45) is 1.65. The molecule has 1 aliphatic heterocycles. The largest absolute Gasteiger partial charge is 0.489 e. The van der Waals surface area contributed by atoms with E-state index in [2.05, 4.69) is 4.74 Å². The van der Waals surface area contributed by atoms with Crippen molar-refractivity contribution in [2.24, 2.45) is 0 Å². The highest BCUT2D eigenvalue weighted by Crippen LogP contribution is 2.35. The zero-order chi connectivity index (χ0) is 21.1. The van der Waals surface area contributed by atoms with Gasteiger partial charge in [-0.1, -0.05) is 36.4 Å². The SMILES string of the molecule is COC(=O)c1ccc(C=C2Oc3cc(OCc4ccccc4C)ccc3C2=O)cc1. The van der Waals surface area contributed by atoms with Gasteiger partial charge in [-0.15, -0.1) is 0 Å². The Labute approximate surface area is 174 Å². The molecule has 3 aromatic rings. The molecule has 0 atom stereocenters. The molecule has 0 aromatic heterocycles. The average molecular weight is 400 g/mol. The predicted octanol–water partition coefficient (Wildman–Crippen LogP) is 4.98. The standard InChI is InChI=1S/C25H20O5/c1-16-5-3-4-6-19(16)15-29-20-11-12-21-22(14-20)30-23(24(21)26)13-17-7-9-18(10-8-17)25(27)28-2/h3-14H,15H2,1-2H3. The summed E-state index contributed by atoms with van der Waals surface area (Å²) in [4.78, 5) is 24.2. The van der Waals surface area contributed by atoms with E-state index in [1.807, 2.05) is 31.2 Å². The number of methoxy groups -OCH3 is 1. The van der Waals surface area contributed by atoms with E-state index in [0.717, 1.165) is 16.7 Å². The normalized spacial score (nSPS) is 13.7. The monoisotopic (exact) mass is 400 g/mol. The number of allylic oxidation sites excluding steroid dienone is 1. The van der Waals surface area contributed by atoms with Crippen LogP contribution in [0.4, 0.5) is 0 Å². The third kappa shape index (κ3) is 3.96. The number of Topliss-reactive ketones (excluding diaryl/α,β-unsaturated/α-hetero) is 1. The minimum atomic E-state index is -0.409. The highest BCUT2D eigenvalue weighted by atomic mass is 16.5. The van der Waals surface area contributed by atoms with Crippen LogP contribution >= 0.6 is 0 Å². The first-order valence-electron chi connectivity index (χ1n) is 9.49. The molecule has 1 aliphatic rings. The second kappa shape index (κ2) is 8.25. The molecule has 4 rings (SSSR count). The number of aryl methyl sites for hydroxylation is 1. The zero-order valence-corrected chi connectivity index (χ0v) is 16.7. The smallest absolute Gasteiger partial charge is 0.337 e. The van der Waals surface area contributed by atoms with Crippen LogP contribution in [0.3, 0.4) is 0 Å². The number of ketones is 1. The van der Waals surface area contributed by atoms with E-state index >= 15 is 0 Å². The van der Waals surface area contributed by atoms with Crippen LogP contribution in [-0.2, 0) is 11.3 Å². The molecule has 1 heterocycles. The molecule has 0 saturated carbocycles. The molecule has 0 aliphatic carbocycles. The van der Waals surface area contributed by atoms with Gasteiger partial charge in [-0.2, -0.15) is 0 Å². The highest BCUT2D eigenvalue weighted by molar-refractivity contribution is 6.14. The van der Waals surface area contributed by atoms with Crippen LogP contribution in [0.15, 0.2) is 72.5 Å². The second-order valence-corrected chi connectivity index (χ2v) is 6.93. The van der Waals surface area contributed by atoms with E-state index in [0.29, 0.717) is 29.2 Å². The first-order valence-corrected chi connectivity index (χ1v) is 9.49. The zero-order valence-electron chi connectivity index (χ0n) is 16.7. The van der Waals surface area contributed by atoms with Gasteiger partial charge < -0.3 is 14.2 Å². The molecule has 0 N–H and O–H groups in total. The van der Waals surface area contributed by atoms with Crippen LogP contribution in [0.2, 0.25) is 0 Å². The fraction of sp³-hybridized carbons (Fsp3) is 0.120. The van der Waals surface area contributed by atoms with Crippen molar-refractivity contribution in [2.45, 2.75) is 13.5 Å². The number of esters is 1. The lowest BCUT2D eigenvalue weighted by Gasteiger charge is -2.09. The number of fused-ring (bicyclic) bond motifs is 1. The highest BCUT2D eigenvalue weighted by Gasteiger charge is 2.27. The molecule has 0 fully saturated rings. The van der Waals surface area contributed by atoms with E-state index in [9.17, 15) is 9.59 Å². The van der Waals surface area contributed by atoms with Crippen molar-refractivity contribution in [1.29, 1.82) is 0 Å². The van der Waals surface area contributed by atoms with Gasteiger partial charge in [0.15, 0.2) is 5.76 Å². The lowest BCUT2D eigenvalue weighted by Crippen LogP contribution is -2.01. The van der Waals surface area contributed by atoms with E-state index in [-0.39, 0.29) is 11.5 Å². The molecule has 0 unspecified atom stereocenters. The lowest BCUT2D eigenvalue weighted by molar-refractivity contribution is 0.0600. The number of benzene rings is 3. The van der Waals surface area contributed by atoms with Gasteiger partial charge in [-0.3, -0.25) is 4.79 Å². The summed E-state index contributed by atoms with van der Waals surface area (Å²) < 4.78 is 16.3. The Morgan fingerprint density at radius 2 is 1.80 bits per heavy atom. The van der Waals surface area contributed by atoms with E-state index in [4.69, 9.17) is 9.47 Å². The summed E-state index contributed by atoms with van der Waals surface area (Å²) in [5.74, 6) is 0.737. The second-order valence-electron chi connectivity index (χ2n) is 6.93. The van der Waals surface area contributed by atoms with Crippen LogP contribution in [0.1, 0.15) is 37.4 Å². The van der Waals surface area contributed by atoms with E-state index < -0.39 is 5.97 Å². The Kier molecular flexibility index (Phi) is 5.35. The van der Waals surface area contributed by atoms with E-state index in [1.165, 1.54) is 7.11 Å². The van der Waals surface area contributed by atoms with Crippen molar-refractivity contribution in [3.63, 3.8) is 0 Å². The lowest BCUT2D eigenvalue weighted by atomic mass is 10.1. The predicted molar refractivity (Wildman–Crippen MR) is 113 cm³/mol. The minimum absolute atomic E-state index is 0.188. The van der Waals surface area contributed by atoms with Crippen molar-refractivity contribution in [3.8, 4) is 11.5 Å². The fourth-order valence-electron chi connectivity index (χ4n) is 3.17. The molecular weight excluding hydrogens is 380 g/mol. The fourth-order valence-corrected chi connectivity index (χ4v) is 3.17. The van der Waals surface area contributed by atoms with Crippen molar-refractivity contribution < 1.29 is 23.8 Å². The number of hydrogen-bond acceptors (Lipinski definition) is 5. The van der Waals surface area contributed by atoms with Gasteiger partial charge in [0, 0.05) is 6.07 Å². The Bertz CT molecular complexity index is 1140. The summed E-state index contributed by atoms with van der Waals surface area (Å²) in [6.45, 7) is 2.48. The Morgan fingerprint density at radius 1 is 1.03 bits per heavy atom. The Morgan fingerprint density at radius 3 is 2.53 bits per heavy atom. The first-order chi connectivity index (χ1) is 14.5. The molecule has 0 amide bonds. The summed E-state index contributed by atoms with van der Waals surface area (Å²) >= 11 is 0. The summed E-state index contributed by atoms with van der Waals surface area (Å²) in [5, 5.41) is 0. The molecule has 0 radical (unpaired) electrons. The quantitative estimate of drug-likeness (QED) is 0.447. The summed E-state index contributed by atoms with van der Waals surface area (Å²) in [5.41, 5.74) is 3.95. The molecule has 0 bridgehead atoms. The van der Waals surface area contributed by atoms with E-state index in [1.54, 1.807) is 48.5 Å². The topological polar surface area (TPSA) is 61.8 Å². The molecule has 0 saturated heterocycles. The van der Waals surface area contributed by atoms with Gasteiger partial charge in [0.2, 0.25) is 5.78 Å². The van der Waals surface area contributed by atoms with Crippen LogP contribution in [0.5, 0.6) is 11.5 Å². The van der Waals surface area contributed by atoms with Crippen molar-refractivity contribution in [2.75, 3.05) is 7.11 Å². The molecular formula is C25H20O5. The number of carbonyl (C=O) groups excluding carboxylic acids is 2. The Hall–Kier alpha value is -3.86. The third-order valence-electron chi connectivity index (χ3n) is 4.93. The maximum atomic E-state index is 12.6. The molecule has 150 valence electrons. The first kappa shape index (κ1) is 19.5. The molecule has 0 spiro atoms. The minimum Gasteiger partial charge on any atom is -0.489 e. The number of carbonyl (C=O) groups is 2. The van der Waals surface area contributed by atoms with Crippen molar-refractivity contribution in [1.82, 2.24) is 0 Å². The van der Waals surface area contributed by atoms with Gasteiger partial charge in [0.05, 0.1) is 18.2 Å². The van der Waals surface area contributed by atoms with Gasteiger partial charge in [-0.05, 0) is 54.0 Å². The van der Waals surface area contributed by atoms with Crippen LogP contribution < -0.4 is 9.47 Å². The average Bonchev–Trinajstić information content (AvgIpc) is 3.07. The maximum Gasteiger partial charge on any atom is 0.337 e. The maximum absolute atomic E-state index is 12.6. The molecule has 5 nitrogen and oxygen atoms in total. The van der Waals surface area contributed by atoms with Crippen molar-refractivity contribution in [3.05, 3.63) is 100 Å². The van der Waals surface area contributed by atoms with Crippen LogP contribution in [-0.4, -0.2) is 18.9 Å². The van der Waals surface area contributed by atoms with Gasteiger partial charge in [0.1, 0.15) is 18.1 Å². The summed E-state index contributed by atoms with van der Waals surface area (Å²) in [6, 6.07) is 20.0. The number of ether oxygens (including phenoxy) is 3. The van der Waals surface area contributed by atoms with Crippen LogP contribution in [0.25, 0.3) is 6.08 Å². The molecule has 3 aromatic carbocycles. The third-order valence-corrected chi connectivity index (χ3v) is 4.93. The Balaban J connectivity index is 1.49.